The fourth-order valence-corrected chi connectivity index (χ4v) is 2.76. The Bertz CT molecular complexity index is 315. The van der Waals surface area contributed by atoms with E-state index < -0.39 is 12.1 Å². The molecule has 110 valence electrons. The van der Waals surface area contributed by atoms with Gasteiger partial charge in [-0.15, -0.1) is 0 Å². The first kappa shape index (κ1) is 16.1. The molecule has 0 spiro atoms. The predicted molar refractivity (Wildman–Crippen MR) is 75.9 cm³/mol. The molecule has 0 bridgehead atoms. The molecule has 1 aliphatic rings. The molecule has 7 heteroatoms. The molecule has 5 N–H and O–H groups in total. The van der Waals surface area contributed by atoms with Gasteiger partial charge in [0.2, 0.25) is 5.91 Å². The first-order valence-electron chi connectivity index (χ1n) is 6.55. The fourth-order valence-electron chi connectivity index (χ4n) is 2.29. The van der Waals surface area contributed by atoms with Crippen LogP contribution in [0, 0.1) is 5.92 Å². The SMILES string of the molecule is CSCCC(NC(N)=O)C(=O)NCC1CCCC1O. The average molecular weight is 289 g/mol. The van der Waals surface area contributed by atoms with E-state index in [0.29, 0.717) is 13.0 Å². The van der Waals surface area contributed by atoms with Gasteiger partial charge in [-0.2, -0.15) is 11.8 Å². The van der Waals surface area contributed by atoms with Crippen LogP contribution >= 0.6 is 11.8 Å². The highest BCUT2D eigenvalue weighted by Crippen LogP contribution is 2.24. The molecular formula is C12H23N3O3S. The number of urea groups is 1. The summed E-state index contributed by atoms with van der Waals surface area (Å²) in [4.78, 5) is 22.8. The molecule has 3 amide bonds. The number of primary amides is 1. The van der Waals surface area contributed by atoms with Gasteiger partial charge in [0.05, 0.1) is 6.10 Å². The maximum atomic E-state index is 12.0. The molecular weight excluding hydrogens is 266 g/mol. The van der Waals surface area contributed by atoms with Gasteiger partial charge in [0, 0.05) is 12.5 Å². The molecule has 3 unspecified atom stereocenters. The lowest BCUT2D eigenvalue weighted by Gasteiger charge is -2.20. The maximum absolute atomic E-state index is 12.0. The number of hydrogen-bond donors (Lipinski definition) is 4. The Labute approximate surface area is 117 Å². The van der Waals surface area contributed by atoms with Crippen molar-refractivity contribution in [1.82, 2.24) is 10.6 Å². The molecule has 0 aromatic carbocycles. The zero-order valence-corrected chi connectivity index (χ0v) is 12.0. The van der Waals surface area contributed by atoms with Crippen molar-refractivity contribution in [2.24, 2.45) is 11.7 Å². The van der Waals surface area contributed by atoms with Crippen molar-refractivity contribution in [3.8, 4) is 0 Å². The molecule has 1 fully saturated rings. The van der Waals surface area contributed by atoms with Crippen LogP contribution in [0.5, 0.6) is 0 Å². The molecule has 0 saturated heterocycles. The molecule has 0 heterocycles. The monoisotopic (exact) mass is 289 g/mol. The number of carbonyl (C=O) groups is 2. The van der Waals surface area contributed by atoms with Crippen molar-refractivity contribution in [3.63, 3.8) is 0 Å². The van der Waals surface area contributed by atoms with Crippen LogP contribution in [0.1, 0.15) is 25.7 Å². The molecule has 1 aliphatic carbocycles. The van der Waals surface area contributed by atoms with Crippen LogP contribution in [-0.4, -0.2) is 47.7 Å². The third kappa shape index (κ3) is 5.69. The lowest BCUT2D eigenvalue weighted by molar-refractivity contribution is -0.123. The van der Waals surface area contributed by atoms with Crippen LogP contribution in [0.4, 0.5) is 4.79 Å². The summed E-state index contributed by atoms with van der Waals surface area (Å²) >= 11 is 1.61. The summed E-state index contributed by atoms with van der Waals surface area (Å²) in [6, 6.07) is -1.29. The standard InChI is InChI=1S/C12H23N3O3S/c1-19-6-5-9(15-12(13)18)11(17)14-7-8-3-2-4-10(8)16/h8-10,16H,2-7H2,1H3,(H,14,17)(H3,13,15,18). The normalized spacial score (nSPS) is 23.9. The minimum Gasteiger partial charge on any atom is -0.393 e. The molecule has 0 aliphatic heterocycles. The third-order valence-corrected chi connectivity index (χ3v) is 4.05. The van der Waals surface area contributed by atoms with Gasteiger partial charge in [-0.05, 0) is 31.3 Å². The van der Waals surface area contributed by atoms with Gasteiger partial charge in [0.15, 0.2) is 0 Å². The first-order chi connectivity index (χ1) is 9.04. The van der Waals surface area contributed by atoms with Crippen LogP contribution in [0.3, 0.4) is 0 Å². The van der Waals surface area contributed by atoms with Crippen molar-refractivity contribution < 1.29 is 14.7 Å². The second kappa shape index (κ2) is 8.27. The Balaban J connectivity index is 2.39. The van der Waals surface area contributed by atoms with Crippen molar-refractivity contribution in [3.05, 3.63) is 0 Å². The Kier molecular flexibility index (Phi) is 7.01. The Morgan fingerprint density at radius 1 is 1.47 bits per heavy atom. The number of nitrogens with one attached hydrogen (secondary N) is 2. The van der Waals surface area contributed by atoms with Gasteiger partial charge >= 0.3 is 6.03 Å². The number of thioether (sulfide) groups is 1. The topological polar surface area (TPSA) is 104 Å². The van der Waals surface area contributed by atoms with Gasteiger partial charge in [-0.25, -0.2) is 4.79 Å². The number of rotatable bonds is 7. The summed E-state index contributed by atoms with van der Waals surface area (Å²) < 4.78 is 0. The number of hydrogen-bond acceptors (Lipinski definition) is 4. The predicted octanol–water partition coefficient (Wildman–Crippen LogP) is 0.0536. The van der Waals surface area contributed by atoms with Crippen LogP contribution in [0.2, 0.25) is 0 Å². The van der Waals surface area contributed by atoms with Gasteiger partial charge in [0.1, 0.15) is 6.04 Å². The highest BCUT2D eigenvalue weighted by atomic mass is 32.2. The molecule has 3 atom stereocenters. The van der Waals surface area contributed by atoms with Crippen molar-refractivity contribution >= 4 is 23.7 Å². The highest BCUT2D eigenvalue weighted by Gasteiger charge is 2.27. The van der Waals surface area contributed by atoms with Gasteiger partial charge < -0.3 is 21.5 Å². The summed E-state index contributed by atoms with van der Waals surface area (Å²) in [5.74, 6) is 0.662. The van der Waals surface area contributed by atoms with Crippen LogP contribution in [0.15, 0.2) is 0 Å². The number of carbonyl (C=O) groups excluding carboxylic acids is 2. The minimum absolute atomic E-state index is 0.124. The summed E-state index contributed by atoms with van der Waals surface area (Å²) in [7, 11) is 0. The Morgan fingerprint density at radius 3 is 2.74 bits per heavy atom. The van der Waals surface area contributed by atoms with E-state index in [-0.39, 0.29) is 17.9 Å². The summed E-state index contributed by atoms with van der Waals surface area (Å²) in [5, 5.41) is 14.9. The largest absolute Gasteiger partial charge is 0.393 e. The van der Waals surface area contributed by atoms with E-state index in [1.807, 2.05) is 6.26 Å². The second-order valence-electron chi connectivity index (χ2n) is 4.85. The van der Waals surface area contributed by atoms with Gasteiger partial charge in [0.25, 0.3) is 0 Å². The van der Waals surface area contributed by atoms with Gasteiger partial charge in [-0.1, -0.05) is 6.42 Å². The number of aliphatic hydroxyl groups is 1. The second-order valence-corrected chi connectivity index (χ2v) is 5.83. The average Bonchev–Trinajstić information content (AvgIpc) is 2.76. The minimum atomic E-state index is -0.692. The summed E-state index contributed by atoms with van der Waals surface area (Å²) in [6.45, 7) is 0.455. The number of nitrogens with two attached hydrogens (primary N) is 1. The van der Waals surface area contributed by atoms with E-state index in [1.165, 1.54) is 0 Å². The van der Waals surface area contributed by atoms with E-state index >= 15 is 0 Å². The molecule has 19 heavy (non-hydrogen) atoms. The summed E-state index contributed by atoms with van der Waals surface area (Å²) in [5.41, 5.74) is 5.07. The molecule has 0 aromatic rings. The number of amides is 3. The molecule has 0 radical (unpaired) electrons. The van der Waals surface area contributed by atoms with Crippen molar-refractivity contribution in [2.45, 2.75) is 37.8 Å². The lowest BCUT2D eigenvalue weighted by atomic mass is 10.1. The lowest BCUT2D eigenvalue weighted by Crippen LogP contribution is -2.50. The summed E-state index contributed by atoms with van der Waals surface area (Å²) in [6.07, 6.45) is 4.89. The van der Waals surface area contributed by atoms with Crippen LogP contribution in [0.25, 0.3) is 0 Å². The van der Waals surface area contributed by atoms with E-state index in [0.717, 1.165) is 25.0 Å². The quantitative estimate of drug-likeness (QED) is 0.531. The zero-order chi connectivity index (χ0) is 14.3. The van der Waals surface area contributed by atoms with Crippen LogP contribution < -0.4 is 16.4 Å². The van der Waals surface area contributed by atoms with Crippen molar-refractivity contribution in [2.75, 3.05) is 18.6 Å². The van der Waals surface area contributed by atoms with Crippen LogP contribution in [-0.2, 0) is 4.79 Å². The molecule has 1 rings (SSSR count). The Hall–Kier alpha value is -0.950. The van der Waals surface area contributed by atoms with E-state index in [4.69, 9.17) is 5.73 Å². The smallest absolute Gasteiger partial charge is 0.312 e. The molecule has 0 aromatic heterocycles. The van der Waals surface area contributed by atoms with E-state index in [1.54, 1.807) is 11.8 Å². The fraction of sp³-hybridized carbons (Fsp3) is 0.833. The van der Waals surface area contributed by atoms with E-state index in [2.05, 4.69) is 10.6 Å². The maximum Gasteiger partial charge on any atom is 0.312 e. The number of aliphatic hydroxyl groups excluding tert-OH is 1. The first-order valence-corrected chi connectivity index (χ1v) is 7.94. The molecule has 1 saturated carbocycles. The van der Waals surface area contributed by atoms with Crippen molar-refractivity contribution in [1.29, 1.82) is 0 Å². The van der Waals surface area contributed by atoms with E-state index in [9.17, 15) is 14.7 Å². The third-order valence-electron chi connectivity index (χ3n) is 3.40. The Morgan fingerprint density at radius 2 is 2.21 bits per heavy atom. The highest BCUT2D eigenvalue weighted by molar-refractivity contribution is 7.98. The van der Waals surface area contributed by atoms with Gasteiger partial charge in [-0.3, -0.25) is 4.79 Å². The molecule has 6 nitrogen and oxygen atoms in total. The zero-order valence-electron chi connectivity index (χ0n) is 11.2.